The van der Waals surface area contributed by atoms with E-state index in [0.717, 1.165) is 5.92 Å². The highest BCUT2D eigenvalue weighted by Crippen LogP contribution is 2.31. The predicted octanol–water partition coefficient (Wildman–Crippen LogP) is 4.46. The third kappa shape index (κ3) is 1.99. The average molecular weight is 227 g/mol. The average Bonchev–Trinajstić information content (AvgIpc) is 2.55. The Bertz CT molecular complexity index is 509. The van der Waals surface area contributed by atoms with Gasteiger partial charge in [0.25, 0.3) is 0 Å². The molecule has 17 heavy (non-hydrogen) atoms. The fourth-order valence-electron chi connectivity index (χ4n) is 3.33. The molecule has 0 saturated heterocycles. The maximum atomic E-state index is 3.64. The standard InChI is InChI=1S/C16H21N/c1-2-6-12-7-5-9-14-13-8-3-4-10-15(13)17-16(14)11-12/h3-4,8,10,12,17H,2,5-7,9,11H2,1H3. The number of benzene rings is 1. The monoisotopic (exact) mass is 227 g/mol. The van der Waals surface area contributed by atoms with Crippen molar-refractivity contribution in [1.82, 2.24) is 4.98 Å². The molecule has 1 aromatic heterocycles. The van der Waals surface area contributed by atoms with Crippen molar-refractivity contribution in [1.29, 1.82) is 0 Å². The molecule has 1 aliphatic carbocycles. The Hall–Kier alpha value is -1.24. The Morgan fingerprint density at radius 1 is 1.29 bits per heavy atom. The van der Waals surface area contributed by atoms with Crippen LogP contribution in [-0.2, 0) is 12.8 Å². The van der Waals surface area contributed by atoms with E-state index in [0.29, 0.717) is 0 Å². The molecule has 1 aliphatic rings. The zero-order valence-corrected chi connectivity index (χ0v) is 10.6. The van der Waals surface area contributed by atoms with E-state index < -0.39 is 0 Å². The zero-order valence-electron chi connectivity index (χ0n) is 10.6. The molecular formula is C16H21N. The summed E-state index contributed by atoms with van der Waals surface area (Å²) in [5.74, 6) is 0.898. The van der Waals surface area contributed by atoms with E-state index in [1.54, 1.807) is 5.56 Å². The lowest BCUT2D eigenvalue weighted by Gasteiger charge is -2.11. The first-order valence-corrected chi connectivity index (χ1v) is 6.97. The number of para-hydroxylation sites is 1. The molecule has 0 saturated carbocycles. The number of H-pyrrole nitrogens is 1. The van der Waals surface area contributed by atoms with Crippen LogP contribution in [0.2, 0.25) is 0 Å². The molecule has 0 spiro atoms. The van der Waals surface area contributed by atoms with Crippen LogP contribution in [0.1, 0.15) is 43.9 Å². The van der Waals surface area contributed by atoms with Crippen LogP contribution < -0.4 is 0 Å². The first-order valence-electron chi connectivity index (χ1n) is 6.97. The molecule has 3 rings (SSSR count). The minimum absolute atomic E-state index is 0.898. The summed E-state index contributed by atoms with van der Waals surface area (Å²) in [6, 6.07) is 8.76. The third-order valence-electron chi connectivity index (χ3n) is 4.13. The third-order valence-corrected chi connectivity index (χ3v) is 4.13. The first kappa shape index (κ1) is 10.9. The van der Waals surface area contributed by atoms with Crippen molar-refractivity contribution in [3.63, 3.8) is 0 Å². The van der Waals surface area contributed by atoms with E-state index in [9.17, 15) is 0 Å². The number of hydrogen-bond donors (Lipinski definition) is 1. The fourth-order valence-corrected chi connectivity index (χ4v) is 3.33. The van der Waals surface area contributed by atoms with Crippen LogP contribution >= 0.6 is 0 Å². The van der Waals surface area contributed by atoms with Crippen molar-refractivity contribution in [3.05, 3.63) is 35.5 Å². The Balaban J connectivity index is 2.00. The summed E-state index contributed by atoms with van der Waals surface area (Å²) in [5, 5.41) is 1.46. The van der Waals surface area contributed by atoms with Crippen LogP contribution in [0.5, 0.6) is 0 Å². The van der Waals surface area contributed by atoms with Gasteiger partial charge in [-0.1, -0.05) is 38.0 Å². The maximum absolute atomic E-state index is 3.64. The summed E-state index contributed by atoms with van der Waals surface area (Å²) in [4.78, 5) is 3.64. The van der Waals surface area contributed by atoms with E-state index >= 15 is 0 Å². The SMILES string of the molecule is CCCC1CCCc2c([nH]c3ccccc23)C1. The predicted molar refractivity (Wildman–Crippen MR) is 73.3 cm³/mol. The number of aryl methyl sites for hydroxylation is 1. The molecule has 1 heteroatoms. The quantitative estimate of drug-likeness (QED) is 0.729. The van der Waals surface area contributed by atoms with Gasteiger partial charge in [-0.05, 0) is 43.2 Å². The molecule has 0 fully saturated rings. The molecule has 1 aromatic carbocycles. The number of hydrogen-bond acceptors (Lipinski definition) is 0. The van der Waals surface area contributed by atoms with Crippen LogP contribution in [0.4, 0.5) is 0 Å². The highest BCUT2D eigenvalue weighted by molar-refractivity contribution is 5.84. The van der Waals surface area contributed by atoms with Crippen LogP contribution in [0, 0.1) is 5.92 Å². The van der Waals surface area contributed by atoms with Crippen molar-refractivity contribution in [2.45, 2.75) is 45.4 Å². The molecule has 90 valence electrons. The van der Waals surface area contributed by atoms with Crippen molar-refractivity contribution >= 4 is 10.9 Å². The van der Waals surface area contributed by atoms with Gasteiger partial charge in [-0.3, -0.25) is 0 Å². The highest BCUT2D eigenvalue weighted by Gasteiger charge is 2.19. The Labute approximate surface area is 103 Å². The van der Waals surface area contributed by atoms with E-state index in [-0.39, 0.29) is 0 Å². The van der Waals surface area contributed by atoms with Gasteiger partial charge in [-0.15, -0.1) is 0 Å². The van der Waals surface area contributed by atoms with Gasteiger partial charge in [-0.2, -0.15) is 0 Å². The lowest BCUT2D eigenvalue weighted by molar-refractivity contribution is 0.439. The number of rotatable bonds is 2. The molecule has 1 atom stereocenters. The Morgan fingerprint density at radius 2 is 2.18 bits per heavy atom. The van der Waals surface area contributed by atoms with E-state index in [1.807, 2.05) is 0 Å². The lowest BCUT2D eigenvalue weighted by Crippen LogP contribution is -2.02. The molecule has 0 bridgehead atoms. The van der Waals surface area contributed by atoms with Gasteiger partial charge < -0.3 is 4.98 Å². The second-order valence-electron chi connectivity index (χ2n) is 5.38. The second kappa shape index (κ2) is 4.56. The molecule has 1 N–H and O–H groups in total. The van der Waals surface area contributed by atoms with Crippen LogP contribution in [0.3, 0.4) is 0 Å². The van der Waals surface area contributed by atoms with Crippen molar-refractivity contribution in [3.8, 4) is 0 Å². The fraction of sp³-hybridized carbons (Fsp3) is 0.500. The van der Waals surface area contributed by atoms with Gasteiger partial charge in [0.2, 0.25) is 0 Å². The van der Waals surface area contributed by atoms with E-state index in [1.165, 1.54) is 55.1 Å². The summed E-state index contributed by atoms with van der Waals surface area (Å²) >= 11 is 0. The van der Waals surface area contributed by atoms with Crippen LogP contribution in [-0.4, -0.2) is 4.98 Å². The molecule has 1 heterocycles. The molecule has 0 aliphatic heterocycles. The van der Waals surface area contributed by atoms with Gasteiger partial charge in [-0.25, -0.2) is 0 Å². The zero-order chi connectivity index (χ0) is 11.7. The second-order valence-corrected chi connectivity index (χ2v) is 5.38. The number of nitrogens with one attached hydrogen (secondary N) is 1. The Morgan fingerprint density at radius 3 is 3.06 bits per heavy atom. The molecule has 0 amide bonds. The largest absolute Gasteiger partial charge is 0.358 e. The minimum atomic E-state index is 0.898. The highest BCUT2D eigenvalue weighted by atomic mass is 14.7. The summed E-state index contributed by atoms with van der Waals surface area (Å²) in [6.45, 7) is 2.30. The molecule has 0 radical (unpaired) electrons. The summed E-state index contributed by atoms with van der Waals surface area (Å²) in [5.41, 5.74) is 4.44. The summed E-state index contributed by atoms with van der Waals surface area (Å²) in [6.07, 6.45) is 8.00. The van der Waals surface area contributed by atoms with Crippen molar-refractivity contribution < 1.29 is 0 Å². The van der Waals surface area contributed by atoms with Crippen LogP contribution in [0.25, 0.3) is 10.9 Å². The van der Waals surface area contributed by atoms with Crippen molar-refractivity contribution in [2.75, 3.05) is 0 Å². The van der Waals surface area contributed by atoms with E-state index in [4.69, 9.17) is 0 Å². The lowest BCUT2D eigenvalue weighted by atomic mass is 9.95. The maximum Gasteiger partial charge on any atom is 0.0458 e. The first-order chi connectivity index (χ1) is 8.38. The molecule has 1 unspecified atom stereocenters. The number of aromatic amines is 1. The van der Waals surface area contributed by atoms with Gasteiger partial charge in [0.15, 0.2) is 0 Å². The normalized spacial score (nSPS) is 20.2. The van der Waals surface area contributed by atoms with Gasteiger partial charge in [0.05, 0.1) is 0 Å². The van der Waals surface area contributed by atoms with Crippen LogP contribution in [0.15, 0.2) is 24.3 Å². The van der Waals surface area contributed by atoms with Gasteiger partial charge >= 0.3 is 0 Å². The Kier molecular flexibility index (Phi) is 2.92. The summed E-state index contributed by atoms with van der Waals surface area (Å²) < 4.78 is 0. The smallest absolute Gasteiger partial charge is 0.0458 e. The number of aromatic nitrogens is 1. The summed E-state index contributed by atoms with van der Waals surface area (Å²) in [7, 11) is 0. The van der Waals surface area contributed by atoms with Gasteiger partial charge in [0, 0.05) is 16.6 Å². The molecule has 2 aromatic rings. The minimum Gasteiger partial charge on any atom is -0.358 e. The van der Waals surface area contributed by atoms with Crippen molar-refractivity contribution in [2.24, 2.45) is 5.92 Å². The van der Waals surface area contributed by atoms with E-state index in [2.05, 4.69) is 36.2 Å². The molecular weight excluding hydrogens is 206 g/mol. The molecule has 1 nitrogen and oxygen atoms in total. The topological polar surface area (TPSA) is 15.8 Å². The number of fused-ring (bicyclic) bond motifs is 3. The van der Waals surface area contributed by atoms with Gasteiger partial charge in [0.1, 0.15) is 0 Å².